The van der Waals surface area contributed by atoms with E-state index in [0.717, 1.165) is 42.0 Å². The summed E-state index contributed by atoms with van der Waals surface area (Å²) in [6, 6.07) is 2.02. The number of rotatable bonds is 7. The van der Waals surface area contributed by atoms with Crippen LogP contribution in [0.2, 0.25) is 0 Å². The zero-order chi connectivity index (χ0) is 14.3. The molecular formula is C14H25N3OS. The van der Waals surface area contributed by atoms with Crippen LogP contribution in [0.15, 0.2) is 11.1 Å². The second-order valence-corrected chi connectivity index (χ2v) is 6.55. The number of methoxy groups -OCH3 is 1. The van der Waals surface area contributed by atoms with Crippen molar-refractivity contribution in [2.24, 2.45) is 0 Å². The van der Waals surface area contributed by atoms with E-state index in [1.165, 1.54) is 0 Å². The first-order chi connectivity index (χ1) is 8.97. The molecule has 1 aromatic heterocycles. The predicted octanol–water partition coefficient (Wildman–Crippen LogP) is 3.33. The molecule has 0 radical (unpaired) electrons. The van der Waals surface area contributed by atoms with Crippen molar-refractivity contribution in [3.05, 3.63) is 11.9 Å². The molecule has 0 atom stereocenters. The summed E-state index contributed by atoms with van der Waals surface area (Å²) < 4.78 is 5.08. The molecule has 1 aromatic rings. The van der Waals surface area contributed by atoms with E-state index in [1.54, 1.807) is 18.9 Å². The Hall–Kier alpha value is -0.810. The molecule has 4 nitrogen and oxygen atoms in total. The SMILES string of the molecule is CCCNc1cc(SCCOC)nc(C(C)(C)C)n1. The maximum atomic E-state index is 5.08. The molecule has 0 unspecified atom stereocenters. The Morgan fingerprint density at radius 3 is 2.63 bits per heavy atom. The van der Waals surface area contributed by atoms with Crippen molar-refractivity contribution < 1.29 is 4.74 Å². The highest BCUT2D eigenvalue weighted by atomic mass is 32.2. The molecule has 108 valence electrons. The largest absolute Gasteiger partial charge is 0.384 e. The van der Waals surface area contributed by atoms with Gasteiger partial charge in [-0.25, -0.2) is 9.97 Å². The molecule has 0 fully saturated rings. The second kappa shape index (κ2) is 7.70. The predicted molar refractivity (Wildman–Crippen MR) is 82.1 cm³/mol. The van der Waals surface area contributed by atoms with Crippen LogP contribution in [0.3, 0.4) is 0 Å². The van der Waals surface area contributed by atoms with Crippen LogP contribution in [0.25, 0.3) is 0 Å². The Kier molecular flexibility index (Phi) is 6.58. The fourth-order valence-electron chi connectivity index (χ4n) is 1.41. The van der Waals surface area contributed by atoms with E-state index in [0.29, 0.717) is 0 Å². The van der Waals surface area contributed by atoms with E-state index < -0.39 is 0 Å². The minimum atomic E-state index is -0.0412. The zero-order valence-corrected chi connectivity index (χ0v) is 13.4. The van der Waals surface area contributed by atoms with Crippen molar-refractivity contribution in [2.45, 2.75) is 44.6 Å². The molecule has 0 aliphatic heterocycles. The van der Waals surface area contributed by atoms with E-state index in [9.17, 15) is 0 Å². The van der Waals surface area contributed by atoms with Crippen LogP contribution in [0.1, 0.15) is 39.9 Å². The monoisotopic (exact) mass is 283 g/mol. The van der Waals surface area contributed by atoms with Crippen LogP contribution < -0.4 is 5.32 Å². The highest BCUT2D eigenvalue weighted by Crippen LogP contribution is 2.24. The van der Waals surface area contributed by atoms with Crippen LogP contribution in [-0.4, -0.2) is 36.0 Å². The number of hydrogen-bond acceptors (Lipinski definition) is 5. The van der Waals surface area contributed by atoms with Gasteiger partial charge in [-0.2, -0.15) is 0 Å². The van der Waals surface area contributed by atoms with Gasteiger partial charge in [-0.1, -0.05) is 27.7 Å². The Labute approximate surface area is 120 Å². The maximum Gasteiger partial charge on any atom is 0.137 e. The van der Waals surface area contributed by atoms with Gasteiger partial charge >= 0.3 is 0 Å². The van der Waals surface area contributed by atoms with Crippen molar-refractivity contribution >= 4 is 17.6 Å². The van der Waals surface area contributed by atoms with Gasteiger partial charge in [0.2, 0.25) is 0 Å². The first-order valence-corrected chi connectivity index (χ1v) is 7.71. The van der Waals surface area contributed by atoms with Crippen LogP contribution in [0.4, 0.5) is 5.82 Å². The highest BCUT2D eigenvalue weighted by Gasteiger charge is 2.19. The zero-order valence-electron chi connectivity index (χ0n) is 12.6. The molecular weight excluding hydrogens is 258 g/mol. The normalized spacial score (nSPS) is 11.6. The van der Waals surface area contributed by atoms with Crippen molar-refractivity contribution in [2.75, 3.05) is 31.3 Å². The van der Waals surface area contributed by atoms with Crippen molar-refractivity contribution in [3.8, 4) is 0 Å². The Bertz CT molecular complexity index is 391. The molecule has 0 bridgehead atoms. The Morgan fingerprint density at radius 2 is 2.05 bits per heavy atom. The van der Waals surface area contributed by atoms with Crippen molar-refractivity contribution in [3.63, 3.8) is 0 Å². The van der Waals surface area contributed by atoms with Gasteiger partial charge in [0.25, 0.3) is 0 Å². The summed E-state index contributed by atoms with van der Waals surface area (Å²) in [5.74, 6) is 2.71. The molecule has 0 aliphatic carbocycles. The first kappa shape index (κ1) is 16.2. The molecule has 19 heavy (non-hydrogen) atoms. The average Bonchev–Trinajstić information content (AvgIpc) is 2.35. The minimum Gasteiger partial charge on any atom is -0.384 e. The number of hydrogen-bond donors (Lipinski definition) is 1. The smallest absolute Gasteiger partial charge is 0.137 e. The number of thioether (sulfide) groups is 1. The summed E-state index contributed by atoms with van der Waals surface area (Å²) in [6.07, 6.45) is 1.08. The van der Waals surface area contributed by atoms with Gasteiger partial charge in [0, 0.05) is 30.9 Å². The van der Waals surface area contributed by atoms with Gasteiger partial charge < -0.3 is 10.1 Å². The lowest BCUT2D eigenvalue weighted by molar-refractivity contribution is 0.218. The second-order valence-electron chi connectivity index (χ2n) is 5.43. The maximum absolute atomic E-state index is 5.08. The van der Waals surface area contributed by atoms with Gasteiger partial charge in [0.05, 0.1) is 6.61 Å². The summed E-state index contributed by atoms with van der Waals surface area (Å²) in [6.45, 7) is 10.2. The molecule has 0 aromatic carbocycles. The molecule has 0 spiro atoms. The number of ether oxygens (including phenoxy) is 1. The number of nitrogens with one attached hydrogen (secondary N) is 1. The van der Waals surface area contributed by atoms with Gasteiger partial charge in [-0.3, -0.25) is 0 Å². The highest BCUT2D eigenvalue weighted by molar-refractivity contribution is 7.99. The minimum absolute atomic E-state index is 0.0412. The topological polar surface area (TPSA) is 47.0 Å². The lowest BCUT2D eigenvalue weighted by Gasteiger charge is -2.18. The molecule has 1 rings (SSSR count). The van der Waals surface area contributed by atoms with Gasteiger partial charge in [0.1, 0.15) is 16.7 Å². The third-order valence-corrected chi connectivity index (χ3v) is 3.34. The summed E-state index contributed by atoms with van der Waals surface area (Å²) in [4.78, 5) is 9.24. The molecule has 1 N–H and O–H groups in total. The number of aromatic nitrogens is 2. The molecule has 0 amide bonds. The van der Waals surface area contributed by atoms with Crippen LogP contribution in [0.5, 0.6) is 0 Å². The quantitative estimate of drug-likeness (QED) is 0.472. The Morgan fingerprint density at radius 1 is 1.32 bits per heavy atom. The van der Waals surface area contributed by atoms with E-state index in [-0.39, 0.29) is 5.41 Å². The summed E-state index contributed by atoms with van der Waals surface area (Å²) in [5.41, 5.74) is -0.0412. The van der Waals surface area contributed by atoms with Crippen LogP contribution in [0, 0.1) is 0 Å². The van der Waals surface area contributed by atoms with Gasteiger partial charge in [0.15, 0.2) is 0 Å². The molecule has 0 saturated carbocycles. The number of nitrogens with zero attached hydrogens (tertiary/aromatic N) is 2. The number of anilines is 1. The first-order valence-electron chi connectivity index (χ1n) is 6.72. The van der Waals surface area contributed by atoms with Crippen LogP contribution in [-0.2, 0) is 10.2 Å². The Balaban J connectivity index is 2.89. The summed E-state index contributed by atoms with van der Waals surface area (Å²) >= 11 is 1.71. The lowest BCUT2D eigenvalue weighted by atomic mass is 9.96. The summed E-state index contributed by atoms with van der Waals surface area (Å²) in [5, 5.41) is 4.35. The van der Waals surface area contributed by atoms with Gasteiger partial charge in [-0.15, -0.1) is 11.8 Å². The standard InChI is InChI=1S/C14H25N3OS/c1-6-7-15-11-10-12(19-9-8-18-5)17-13(16-11)14(2,3)4/h10H,6-9H2,1-5H3,(H,15,16,17). The van der Waals surface area contributed by atoms with Gasteiger partial charge in [-0.05, 0) is 6.42 Å². The molecule has 5 heteroatoms. The van der Waals surface area contributed by atoms with E-state index in [2.05, 4.69) is 43.0 Å². The molecule has 1 heterocycles. The summed E-state index contributed by atoms with van der Waals surface area (Å²) in [7, 11) is 1.72. The van der Waals surface area contributed by atoms with Crippen molar-refractivity contribution in [1.29, 1.82) is 0 Å². The van der Waals surface area contributed by atoms with Crippen molar-refractivity contribution in [1.82, 2.24) is 9.97 Å². The molecule has 0 saturated heterocycles. The lowest BCUT2D eigenvalue weighted by Crippen LogP contribution is -2.18. The third kappa shape index (κ3) is 5.78. The third-order valence-electron chi connectivity index (χ3n) is 2.47. The fourth-order valence-corrected chi connectivity index (χ4v) is 2.21. The van der Waals surface area contributed by atoms with Crippen LogP contribution >= 0.6 is 11.8 Å². The van der Waals surface area contributed by atoms with E-state index >= 15 is 0 Å². The fraction of sp³-hybridized carbons (Fsp3) is 0.714. The molecule has 0 aliphatic rings. The van der Waals surface area contributed by atoms with E-state index in [4.69, 9.17) is 4.74 Å². The average molecular weight is 283 g/mol. The van der Waals surface area contributed by atoms with E-state index in [1.807, 2.05) is 6.07 Å².